The van der Waals surface area contributed by atoms with Crippen molar-refractivity contribution in [2.24, 2.45) is 0 Å². The summed E-state index contributed by atoms with van der Waals surface area (Å²) in [6.07, 6.45) is 4.29. The van der Waals surface area contributed by atoms with Gasteiger partial charge in [0.15, 0.2) is 9.84 Å². The van der Waals surface area contributed by atoms with Gasteiger partial charge in [-0.05, 0) is 76.1 Å². The molecule has 0 aliphatic carbocycles. The number of hydrogen-bond donors (Lipinski definition) is 1. The highest BCUT2D eigenvalue weighted by Crippen LogP contribution is 2.35. The van der Waals surface area contributed by atoms with E-state index in [-0.39, 0.29) is 41.0 Å². The lowest BCUT2D eigenvalue weighted by Crippen LogP contribution is -2.50. The second-order valence-corrected chi connectivity index (χ2v) is 14.5. The zero-order valence-electron chi connectivity index (χ0n) is 25.9. The second-order valence-electron chi connectivity index (χ2n) is 12.5. The first-order valence-corrected chi connectivity index (χ1v) is 17.3. The molecule has 2 aliphatic rings. The van der Waals surface area contributed by atoms with E-state index in [4.69, 9.17) is 4.74 Å². The molecule has 2 fully saturated rings. The summed E-state index contributed by atoms with van der Waals surface area (Å²) in [7, 11) is -3.27. The molecule has 2 aromatic carbocycles. The molecule has 0 spiro atoms. The molecule has 2 saturated heterocycles. The van der Waals surface area contributed by atoms with Gasteiger partial charge in [0.05, 0.1) is 23.0 Å². The molecule has 2 heterocycles. The molecule has 0 bridgehead atoms. The number of hydrogen-bond acceptors (Lipinski definition) is 6. The predicted molar refractivity (Wildman–Crippen MR) is 167 cm³/mol. The van der Waals surface area contributed by atoms with Gasteiger partial charge in [0.2, 0.25) is 5.91 Å². The number of amides is 2. The molecule has 0 saturated carbocycles. The van der Waals surface area contributed by atoms with Crippen LogP contribution in [0.5, 0.6) is 0 Å². The molecular formula is C33H47N3O6S. The van der Waals surface area contributed by atoms with Gasteiger partial charge in [-0.25, -0.2) is 13.2 Å². The van der Waals surface area contributed by atoms with Crippen LogP contribution in [0.25, 0.3) is 0 Å². The summed E-state index contributed by atoms with van der Waals surface area (Å²) in [5, 5.41) is 10.4. The third kappa shape index (κ3) is 8.80. The van der Waals surface area contributed by atoms with E-state index in [2.05, 4.69) is 4.90 Å². The average Bonchev–Trinajstić information content (AvgIpc) is 2.96. The highest BCUT2D eigenvalue weighted by molar-refractivity contribution is 7.90. The molecule has 10 heteroatoms. The van der Waals surface area contributed by atoms with Crippen molar-refractivity contribution < 1.29 is 27.9 Å². The second kappa shape index (κ2) is 14.2. The zero-order valence-corrected chi connectivity index (χ0v) is 26.8. The Morgan fingerprint density at radius 2 is 1.67 bits per heavy atom. The van der Waals surface area contributed by atoms with Crippen molar-refractivity contribution in [1.82, 2.24) is 14.7 Å². The molecule has 43 heavy (non-hydrogen) atoms. The normalized spacial score (nSPS) is 20.3. The SMILES string of the molecule is CCN(C(=O)Cc1ccc(S(C)(=O)=O)cc1)C1CCN(CC[C@@H](c2ccccc2)N(C(=O)O)C2CCOC(C)(C)C2)CC1. The van der Waals surface area contributed by atoms with Crippen LogP contribution in [0.3, 0.4) is 0 Å². The van der Waals surface area contributed by atoms with Gasteiger partial charge in [0.25, 0.3) is 0 Å². The molecule has 9 nitrogen and oxygen atoms in total. The smallest absolute Gasteiger partial charge is 0.408 e. The Morgan fingerprint density at radius 3 is 2.23 bits per heavy atom. The third-order valence-electron chi connectivity index (χ3n) is 8.89. The van der Waals surface area contributed by atoms with Crippen LogP contribution in [0, 0.1) is 0 Å². The van der Waals surface area contributed by atoms with Gasteiger partial charge in [-0.15, -0.1) is 0 Å². The number of piperidine rings is 1. The van der Waals surface area contributed by atoms with Crippen molar-refractivity contribution in [3.05, 3.63) is 65.7 Å². The summed E-state index contributed by atoms with van der Waals surface area (Å²) in [4.78, 5) is 32.2. The Balaban J connectivity index is 1.37. The standard InChI is InChI=1S/C33H47N3O6S/c1-5-35(31(37)23-25-11-13-29(14-12-25)43(4,40)41)27-15-19-34(20-16-27)21-17-30(26-9-7-6-8-10-26)36(32(38)39)28-18-22-42-33(2,3)24-28/h6-14,27-28,30H,5,15-24H2,1-4H3,(H,38,39)/t28?,30-/m0/s1. The summed E-state index contributed by atoms with van der Waals surface area (Å²) in [5.41, 5.74) is 1.45. The summed E-state index contributed by atoms with van der Waals surface area (Å²) in [6, 6.07) is 16.3. The minimum Gasteiger partial charge on any atom is -0.465 e. The first-order chi connectivity index (χ1) is 20.4. The van der Waals surface area contributed by atoms with Crippen LogP contribution in [0.15, 0.2) is 59.5 Å². The number of ether oxygens (including phenoxy) is 1. The van der Waals surface area contributed by atoms with Crippen molar-refractivity contribution in [3.8, 4) is 0 Å². The lowest BCUT2D eigenvalue weighted by molar-refractivity contribution is -0.133. The molecule has 4 rings (SSSR count). The molecule has 2 aromatic rings. The van der Waals surface area contributed by atoms with E-state index < -0.39 is 15.9 Å². The van der Waals surface area contributed by atoms with Crippen molar-refractivity contribution in [3.63, 3.8) is 0 Å². The molecular weight excluding hydrogens is 566 g/mol. The van der Waals surface area contributed by atoms with Crippen molar-refractivity contribution in [1.29, 1.82) is 0 Å². The number of sulfone groups is 1. The van der Waals surface area contributed by atoms with E-state index in [0.29, 0.717) is 32.4 Å². The van der Waals surface area contributed by atoms with Gasteiger partial charge in [-0.3, -0.25) is 9.69 Å². The molecule has 0 radical (unpaired) electrons. The number of benzene rings is 2. The van der Waals surface area contributed by atoms with Crippen LogP contribution in [-0.4, -0.2) is 97.0 Å². The molecule has 1 N–H and O–H groups in total. The molecule has 2 atom stereocenters. The Hall–Kier alpha value is -2.95. The van der Waals surface area contributed by atoms with Crippen LogP contribution >= 0.6 is 0 Å². The molecule has 0 aromatic heterocycles. The van der Waals surface area contributed by atoms with Gasteiger partial charge >= 0.3 is 6.09 Å². The van der Waals surface area contributed by atoms with Crippen LogP contribution in [0.4, 0.5) is 4.79 Å². The maximum Gasteiger partial charge on any atom is 0.408 e. The highest BCUT2D eigenvalue weighted by atomic mass is 32.2. The fourth-order valence-electron chi connectivity index (χ4n) is 6.65. The number of likely N-dealkylation sites (tertiary alicyclic amines) is 1. The number of carbonyl (C=O) groups is 2. The van der Waals surface area contributed by atoms with E-state index in [1.165, 1.54) is 6.26 Å². The summed E-state index contributed by atoms with van der Waals surface area (Å²) >= 11 is 0. The van der Waals surface area contributed by atoms with E-state index in [9.17, 15) is 23.1 Å². The lowest BCUT2D eigenvalue weighted by atomic mass is 9.90. The van der Waals surface area contributed by atoms with E-state index in [0.717, 1.165) is 43.6 Å². The third-order valence-corrected chi connectivity index (χ3v) is 10.0. The molecule has 236 valence electrons. The predicted octanol–water partition coefficient (Wildman–Crippen LogP) is 5.01. The summed E-state index contributed by atoms with van der Waals surface area (Å²) in [5.74, 6) is 0.0497. The van der Waals surface area contributed by atoms with Crippen molar-refractivity contribution in [2.45, 2.75) is 87.9 Å². The van der Waals surface area contributed by atoms with Crippen molar-refractivity contribution in [2.75, 3.05) is 39.0 Å². The fourth-order valence-corrected chi connectivity index (χ4v) is 7.28. The highest BCUT2D eigenvalue weighted by Gasteiger charge is 2.38. The lowest BCUT2D eigenvalue weighted by Gasteiger charge is -2.44. The largest absolute Gasteiger partial charge is 0.465 e. The Morgan fingerprint density at radius 1 is 1.02 bits per heavy atom. The van der Waals surface area contributed by atoms with Gasteiger partial charge in [0.1, 0.15) is 0 Å². The Bertz CT molecular complexity index is 1320. The Labute approximate surface area is 256 Å². The first kappa shape index (κ1) is 33.0. The van der Waals surface area contributed by atoms with E-state index in [1.807, 2.05) is 56.0 Å². The van der Waals surface area contributed by atoms with Gasteiger partial charge < -0.3 is 19.6 Å². The quantitative estimate of drug-likeness (QED) is 0.380. The van der Waals surface area contributed by atoms with Crippen LogP contribution in [0.2, 0.25) is 0 Å². The Kier molecular flexibility index (Phi) is 10.9. The minimum atomic E-state index is -3.27. The first-order valence-electron chi connectivity index (χ1n) is 15.4. The monoisotopic (exact) mass is 613 g/mol. The van der Waals surface area contributed by atoms with Gasteiger partial charge in [0, 0.05) is 51.1 Å². The van der Waals surface area contributed by atoms with Crippen LogP contribution in [0.1, 0.15) is 70.0 Å². The number of nitrogens with zero attached hydrogens (tertiary/aromatic N) is 3. The maximum absolute atomic E-state index is 13.2. The van der Waals surface area contributed by atoms with E-state index >= 15 is 0 Å². The van der Waals surface area contributed by atoms with Crippen molar-refractivity contribution >= 4 is 21.8 Å². The van der Waals surface area contributed by atoms with E-state index in [1.54, 1.807) is 29.2 Å². The zero-order chi connectivity index (χ0) is 31.2. The van der Waals surface area contributed by atoms with Gasteiger partial charge in [-0.2, -0.15) is 0 Å². The van der Waals surface area contributed by atoms with Gasteiger partial charge in [-0.1, -0.05) is 42.5 Å². The molecule has 2 amide bonds. The molecule has 2 aliphatic heterocycles. The number of likely N-dealkylation sites (N-methyl/N-ethyl adjacent to an activating group) is 1. The molecule has 1 unspecified atom stereocenters. The summed E-state index contributed by atoms with van der Waals surface area (Å²) < 4.78 is 29.4. The number of carboxylic acid groups (broad SMARTS) is 1. The maximum atomic E-state index is 13.2. The topological polar surface area (TPSA) is 107 Å². The minimum absolute atomic E-state index is 0.0497. The number of carbonyl (C=O) groups excluding carboxylic acids is 1. The fraction of sp³-hybridized carbons (Fsp3) is 0.576. The average molecular weight is 614 g/mol. The number of rotatable bonds is 11. The van der Waals surface area contributed by atoms with Crippen LogP contribution < -0.4 is 0 Å². The summed E-state index contributed by atoms with van der Waals surface area (Å²) in [6.45, 7) is 9.69. The van der Waals surface area contributed by atoms with Crippen LogP contribution in [-0.2, 0) is 25.8 Å².